The molecule has 39 heavy (non-hydrogen) atoms. The number of ether oxygens (including phenoxy) is 1. The highest BCUT2D eigenvalue weighted by Gasteiger charge is 2.19. The first-order valence-corrected chi connectivity index (χ1v) is 13.1. The average molecular weight is 512 g/mol. The van der Waals surface area contributed by atoms with Crippen LogP contribution in [0.3, 0.4) is 0 Å². The van der Waals surface area contributed by atoms with Gasteiger partial charge in [-0.25, -0.2) is 5.84 Å². The van der Waals surface area contributed by atoms with Gasteiger partial charge in [0, 0.05) is 29.3 Å². The second-order valence-corrected chi connectivity index (χ2v) is 9.55. The Morgan fingerprint density at radius 3 is 2.31 bits per heavy atom. The Morgan fingerprint density at radius 2 is 1.51 bits per heavy atom. The summed E-state index contributed by atoms with van der Waals surface area (Å²) < 4.78 is 8.43. The number of nitrogens with zero attached hydrogens (tertiary/aromatic N) is 1. The average Bonchev–Trinajstić information content (AvgIpc) is 3.31. The fourth-order valence-electron chi connectivity index (χ4n) is 5.32. The second kappa shape index (κ2) is 10.9. The summed E-state index contributed by atoms with van der Waals surface area (Å²) in [6.07, 6.45) is 0.817. The molecule has 1 aromatic heterocycles. The standard InChI is InChI=1S/C34H29N3O2/c35-36-34(38)29-16-9-17-32-33(29)30-22-27(39-21-20-24-10-3-1-4-11-24)18-19-31(30)37(32)23-26-14-7-8-15-28(26)25-12-5-2-6-13-25/h1-19,22H,20-21,23,35H2,(H,36,38). The van der Waals surface area contributed by atoms with Crippen molar-refractivity contribution in [2.75, 3.05) is 6.61 Å². The lowest BCUT2D eigenvalue weighted by atomic mass is 9.99. The van der Waals surface area contributed by atoms with Gasteiger partial charge in [-0.2, -0.15) is 0 Å². The van der Waals surface area contributed by atoms with Gasteiger partial charge in [-0.3, -0.25) is 10.2 Å². The van der Waals surface area contributed by atoms with E-state index in [0.29, 0.717) is 18.7 Å². The third-order valence-corrected chi connectivity index (χ3v) is 7.17. The Balaban J connectivity index is 1.44. The van der Waals surface area contributed by atoms with E-state index in [2.05, 4.69) is 82.8 Å². The number of hydrogen-bond acceptors (Lipinski definition) is 3. The van der Waals surface area contributed by atoms with Crippen LogP contribution in [0, 0.1) is 0 Å². The fourth-order valence-corrected chi connectivity index (χ4v) is 5.32. The van der Waals surface area contributed by atoms with Crippen molar-refractivity contribution in [3.63, 3.8) is 0 Å². The summed E-state index contributed by atoms with van der Waals surface area (Å²) in [6, 6.07) is 41.1. The van der Waals surface area contributed by atoms with Gasteiger partial charge < -0.3 is 9.30 Å². The number of amides is 1. The zero-order valence-corrected chi connectivity index (χ0v) is 21.5. The van der Waals surface area contributed by atoms with Crippen molar-refractivity contribution >= 4 is 27.7 Å². The van der Waals surface area contributed by atoms with Crippen molar-refractivity contribution < 1.29 is 9.53 Å². The molecule has 6 rings (SSSR count). The van der Waals surface area contributed by atoms with Crippen molar-refractivity contribution in [1.82, 2.24) is 9.99 Å². The van der Waals surface area contributed by atoms with Crippen molar-refractivity contribution in [2.45, 2.75) is 13.0 Å². The van der Waals surface area contributed by atoms with Gasteiger partial charge in [-0.1, -0.05) is 91.0 Å². The summed E-state index contributed by atoms with van der Waals surface area (Å²) in [4.78, 5) is 12.8. The molecule has 0 spiro atoms. The van der Waals surface area contributed by atoms with Gasteiger partial charge in [0.05, 0.1) is 17.7 Å². The largest absolute Gasteiger partial charge is 0.493 e. The summed E-state index contributed by atoms with van der Waals surface area (Å²) >= 11 is 0. The molecule has 0 aliphatic carbocycles. The number of fused-ring (bicyclic) bond motifs is 3. The summed E-state index contributed by atoms with van der Waals surface area (Å²) in [5, 5.41) is 1.82. The number of nitrogens with one attached hydrogen (secondary N) is 1. The number of nitrogens with two attached hydrogens (primary N) is 1. The van der Waals surface area contributed by atoms with E-state index in [1.54, 1.807) is 0 Å². The Hall–Kier alpha value is -4.87. The van der Waals surface area contributed by atoms with E-state index < -0.39 is 0 Å². The van der Waals surface area contributed by atoms with Crippen LogP contribution in [0.1, 0.15) is 21.5 Å². The molecule has 0 bridgehead atoms. The zero-order chi connectivity index (χ0) is 26.6. The third kappa shape index (κ3) is 4.88. The van der Waals surface area contributed by atoms with E-state index in [1.807, 2.05) is 48.5 Å². The van der Waals surface area contributed by atoms with Crippen LogP contribution in [0.5, 0.6) is 5.75 Å². The first kappa shape index (κ1) is 24.5. The molecule has 5 aromatic carbocycles. The number of carbonyl (C=O) groups is 1. The smallest absolute Gasteiger partial charge is 0.265 e. The normalized spacial score (nSPS) is 11.1. The van der Waals surface area contributed by atoms with E-state index in [4.69, 9.17) is 10.6 Å². The van der Waals surface area contributed by atoms with E-state index in [0.717, 1.165) is 34.0 Å². The highest BCUT2D eigenvalue weighted by molar-refractivity contribution is 6.18. The van der Waals surface area contributed by atoms with Gasteiger partial charge in [0.2, 0.25) is 0 Å². The number of aromatic nitrogens is 1. The maximum absolute atomic E-state index is 12.8. The molecule has 1 amide bonds. The summed E-state index contributed by atoms with van der Waals surface area (Å²) in [6.45, 7) is 1.21. The fraction of sp³-hybridized carbons (Fsp3) is 0.0882. The predicted molar refractivity (Wildman–Crippen MR) is 158 cm³/mol. The maximum atomic E-state index is 12.8. The van der Waals surface area contributed by atoms with Crippen LogP contribution in [0.25, 0.3) is 32.9 Å². The first-order chi connectivity index (χ1) is 19.2. The molecule has 5 heteroatoms. The summed E-state index contributed by atoms with van der Waals surface area (Å²) in [7, 11) is 0. The lowest BCUT2D eigenvalue weighted by Gasteiger charge is -2.13. The highest BCUT2D eigenvalue weighted by Crippen LogP contribution is 2.36. The molecule has 192 valence electrons. The molecule has 1 heterocycles. The minimum Gasteiger partial charge on any atom is -0.493 e. The number of hydrogen-bond donors (Lipinski definition) is 2. The summed E-state index contributed by atoms with van der Waals surface area (Å²) in [5.41, 5.74) is 9.63. The first-order valence-electron chi connectivity index (χ1n) is 13.1. The van der Waals surface area contributed by atoms with Gasteiger partial charge in [0.15, 0.2) is 0 Å². The molecule has 0 aliphatic rings. The van der Waals surface area contributed by atoms with Crippen LogP contribution in [0.2, 0.25) is 0 Å². The van der Waals surface area contributed by atoms with Crippen molar-refractivity contribution in [3.05, 3.63) is 138 Å². The lowest BCUT2D eigenvalue weighted by Crippen LogP contribution is -2.30. The van der Waals surface area contributed by atoms with E-state index >= 15 is 0 Å². The quantitative estimate of drug-likeness (QED) is 0.135. The molecule has 0 saturated heterocycles. The number of hydrazine groups is 1. The monoisotopic (exact) mass is 511 g/mol. The van der Waals surface area contributed by atoms with E-state index in [9.17, 15) is 4.79 Å². The van der Waals surface area contributed by atoms with Gasteiger partial charge in [-0.05, 0) is 52.6 Å². The molecule has 0 fully saturated rings. The van der Waals surface area contributed by atoms with Gasteiger partial charge in [-0.15, -0.1) is 0 Å². The maximum Gasteiger partial charge on any atom is 0.265 e. The minimum atomic E-state index is -0.320. The molecule has 0 saturated carbocycles. The molecule has 0 aliphatic heterocycles. The Bertz CT molecular complexity index is 1760. The van der Waals surface area contributed by atoms with Crippen molar-refractivity contribution in [1.29, 1.82) is 0 Å². The topological polar surface area (TPSA) is 69.3 Å². The van der Waals surface area contributed by atoms with Crippen LogP contribution in [0.15, 0.2) is 121 Å². The Kier molecular flexibility index (Phi) is 6.81. The number of rotatable bonds is 8. The highest BCUT2D eigenvalue weighted by atomic mass is 16.5. The molecule has 3 N–H and O–H groups in total. The number of nitrogen functional groups attached to an aromatic ring is 1. The van der Waals surface area contributed by atoms with Gasteiger partial charge in [0.25, 0.3) is 5.91 Å². The van der Waals surface area contributed by atoms with Crippen LogP contribution in [-0.2, 0) is 13.0 Å². The Morgan fingerprint density at radius 1 is 0.769 bits per heavy atom. The van der Waals surface area contributed by atoms with E-state index in [-0.39, 0.29) is 5.91 Å². The van der Waals surface area contributed by atoms with Crippen molar-refractivity contribution in [2.24, 2.45) is 5.84 Å². The van der Waals surface area contributed by atoms with E-state index in [1.165, 1.54) is 22.3 Å². The predicted octanol–water partition coefficient (Wildman–Crippen LogP) is 6.73. The molecular formula is C34H29N3O2. The van der Waals surface area contributed by atoms with Crippen LogP contribution in [0.4, 0.5) is 0 Å². The third-order valence-electron chi connectivity index (χ3n) is 7.17. The SMILES string of the molecule is NNC(=O)c1cccc2c1c1cc(OCCc3ccccc3)ccc1n2Cc1ccccc1-c1ccccc1. The lowest BCUT2D eigenvalue weighted by molar-refractivity contribution is 0.0955. The molecule has 0 atom stereocenters. The van der Waals surface area contributed by atoms with Gasteiger partial charge >= 0.3 is 0 Å². The molecule has 5 nitrogen and oxygen atoms in total. The zero-order valence-electron chi connectivity index (χ0n) is 21.5. The van der Waals surface area contributed by atoms with Gasteiger partial charge in [0.1, 0.15) is 5.75 Å². The molecular weight excluding hydrogens is 482 g/mol. The van der Waals surface area contributed by atoms with Crippen molar-refractivity contribution in [3.8, 4) is 16.9 Å². The Labute approximate surface area is 227 Å². The number of benzene rings is 5. The molecule has 0 unspecified atom stereocenters. The number of carbonyl (C=O) groups excluding carboxylic acids is 1. The van der Waals surface area contributed by atoms with Crippen LogP contribution < -0.4 is 16.0 Å². The van der Waals surface area contributed by atoms with Crippen LogP contribution in [-0.4, -0.2) is 17.1 Å². The molecule has 6 aromatic rings. The summed E-state index contributed by atoms with van der Waals surface area (Å²) in [5.74, 6) is 6.02. The molecule has 0 radical (unpaired) electrons. The second-order valence-electron chi connectivity index (χ2n) is 9.55. The minimum absolute atomic E-state index is 0.320. The van der Waals surface area contributed by atoms with Crippen LogP contribution >= 0.6 is 0 Å².